The second-order valence-electron chi connectivity index (χ2n) is 7.07. The molecule has 0 amide bonds. The topological polar surface area (TPSA) is 76.3 Å². The molecule has 2 aliphatic rings. The lowest BCUT2D eigenvalue weighted by atomic mass is 9.89. The van der Waals surface area contributed by atoms with Gasteiger partial charge in [-0.15, -0.1) is 0 Å². The molecule has 25 heavy (non-hydrogen) atoms. The minimum absolute atomic E-state index is 0.135. The molecule has 2 fully saturated rings. The predicted octanol–water partition coefficient (Wildman–Crippen LogP) is 1.65. The summed E-state index contributed by atoms with van der Waals surface area (Å²) in [6.07, 6.45) is 6.12. The van der Waals surface area contributed by atoms with Crippen LogP contribution in [0.4, 0.5) is 5.82 Å². The van der Waals surface area contributed by atoms with Gasteiger partial charge in [0.2, 0.25) is 0 Å². The fourth-order valence-electron chi connectivity index (χ4n) is 4.09. The smallest absolute Gasteiger partial charge is 0.174 e. The third kappa shape index (κ3) is 3.14. The number of hydrogen-bond acceptors (Lipinski definition) is 6. The first-order chi connectivity index (χ1) is 12.1. The summed E-state index contributed by atoms with van der Waals surface area (Å²) >= 11 is 0. The molecule has 3 unspecified atom stereocenters. The molecule has 0 bridgehead atoms. The zero-order valence-corrected chi connectivity index (χ0v) is 14.8. The third-order valence-corrected chi connectivity index (χ3v) is 5.29. The number of ether oxygens (including phenoxy) is 1. The number of rotatable bonds is 3. The van der Waals surface area contributed by atoms with Gasteiger partial charge in [-0.1, -0.05) is 0 Å². The molecular formula is C18H25N5O2. The van der Waals surface area contributed by atoms with Crippen LogP contribution in [0.5, 0.6) is 0 Å². The van der Waals surface area contributed by atoms with Crippen LogP contribution >= 0.6 is 0 Å². The number of anilines is 1. The highest BCUT2D eigenvalue weighted by Gasteiger charge is 2.38. The Labute approximate surface area is 147 Å². The van der Waals surface area contributed by atoms with Gasteiger partial charge in [0, 0.05) is 30.8 Å². The summed E-state index contributed by atoms with van der Waals surface area (Å²) < 4.78 is 7.45. The van der Waals surface area contributed by atoms with Crippen LogP contribution < -0.4 is 4.90 Å². The van der Waals surface area contributed by atoms with Crippen molar-refractivity contribution in [2.24, 2.45) is 5.92 Å². The van der Waals surface area contributed by atoms with Crippen molar-refractivity contribution in [1.82, 2.24) is 19.7 Å². The van der Waals surface area contributed by atoms with Crippen molar-refractivity contribution in [3.05, 3.63) is 29.8 Å². The van der Waals surface area contributed by atoms with Gasteiger partial charge in [0.15, 0.2) is 5.82 Å². The lowest BCUT2D eigenvalue weighted by Crippen LogP contribution is -2.46. The molecule has 1 N–H and O–H groups in total. The number of aliphatic hydroxyl groups is 1. The molecule has 4 rings (SSSR count). The summed E-state index contributed by atoms with van der Waals surface area (Å²) in [5.74, 6) is 1.72. The van der Waals surface area contributed by atoms with Crippen LogP contribution in [0.1, 0.15) is 30.7 Å². The Morgan fingerprint density at radius 3 is 2.80 bits per heavy atom. The molecule has 2 aromatic heterocycles. The number of aryl methyl sites for hydroxylation is 2. The Kier molecular flexibility index (Phi) is 4.43. The van der Waals surface area contributed by atoms with Crippen molar-refractivity contribution in [2.45, 2.75) is 45.3 Å². The second-order valence-corrected chi connectivity index (χ2v) is 7.07. The minimum Gasteiger partial charge on any atom is -0.393 e. The zero-order valence-electron chi connectivity index (χ0n) is 14.8. The van der Waals surface area contributed by atoms with Crippen molar-refractivity contribution < 1.29 is 9.84 Å². The number of hydrogen-bond donors (Lipinski definition) is 1. The van der Waals surface area contributed by atoms with E-state index < -0.39 is 0 Å². The summed E-state index contributed by atoms with van der Waals surface area (Å²) in [7, 11) is 0. The number of aliphatic hydroxyl groups excluding tert-OH is 1. The van der Waals surface area contributed by atoms with Gasteiger partial charge < -0.3 is 14.7 Å². The molecule has 7 heteroatoms. The van der Waals surface area contributed by atoms with Crippen molar-refractivity contribution in [1.29, 1.82) is 0 Å². The van der Waals surface area contributed by atoms with Crippen molar-refractivity contribution in [2.75, 3.05) is 24.7 Å². The molecule has 7 nitrogen and oxygen atoms in total. The fourth-order valence-corrected chi connectivity index (χ4v) is 4.09. The van der Waals surface area contributed by atoms with Gasteiger partial charge in [0.25, 0.3) is 0 Å². The van der Waals surface area contributed by atoms with Gasteiger partial charge in [0.05, 0.1) is 30.8 Å². The van der Waals surface area contributed by atoms with E-state index in [2.05, 4.69) is 15.0 Å². The SMILES string of the molecule is Cc1cc(C)n(-c2cncc(N3CCCC3C3COCCC3O)n2)n1. The first kappa shape index (κ1) is 16.5. The van der Waals surface area contributed by atoms with E-state index in [-0.39, 0.29) is 18.1 Å². The first-order valence-corrected chi connectivity index (χ1v) is 9.01. The Bertz CT molecular complexity index is 747. The van der Waals surface area contributed by atoms with Gasteiger partial charge in [-0.25, -0.2) is 9.67 Å². The van der Waals surface area contributed by atoms with Crippen molar-refractivity contribution in [3.63, 3.8) is 0 Å². The maximum Gasteiger partial charge on any atom is 0.174 e. The Morgan fingerprint density at radius 2 is 2.04 bits per heavy atom. The van der Waals surface area contributed by atoms with E-state index in [1.165, 1.54) is 0 Å². The van der Waals surface area contributed by atoms with E-state index in [0.29, 0.717) is 19.6 Å². The van der Waals surface area contributed by atoms with E-state index in [9.17, 15) is 5.11 Å². The largest absolute Gasteiger partial charge is 0.393 e. The van der Waals surface area contributed by atoms with Crippen LogP contribution in [0.15, 0.2) is 18.5 Å². The van der Waals surface area contributed by atoms with E-state index in [1.54, 1.807) is 6.20 Å². The molecule has 0 saturated carbocycles. The molecule has 3 atom stereocenters. The Hall–Kier alpha value is -1.99. The van der Waals surface area contributed by atoms with Gasteiger partial charge in [-0.3, -0.25) is 4.98 Å². The monoisotopic (exact) mass is 343 g/mol. The standard InChI is InChI=1S/C18H25N5O2/c1-12-8-13(2)23(21-12)18-10-19-9-17(20-18)22-6-3-4-15(22)14-11-25-7-5-16(14)24/h8-10,14-16,24H,3-7,11H2,1-2H3. The van der Waals surface area contributed by atoms with E-state index in [1.807, 2.05) is 30.8 Å². The number of nitrogens with zero attached hydrogens (tertiary/aromatic N) is 5. The quantitative estimate of drug-likeness (QED) is 0.913. The van der Waals surface area contributed by atoms with Crippen LogP contribution in [0, 0.1) is 19.8 Å². The first-order valence-electron chi connectivity index (χ1n) is 9.01. The average Bonchev–Trinajstić information content (AvgIpc) is 3.22. The lowest BCUT2D eigenvalue weighted by molar-refractivity contribution is -0.0438. The molecule has 0 aliphatic carbocycles. The second kappa shape index (κ2) is 6.72. The van der Waals surface area contributed by atoms with E-state index in [0.717, 1.165) is 42.4 Å². The summed E-state index contributed by atoms with van der Waals surface area (Å²) in [6.45, 7) is 6.19. The van der Waals surface area contributed by atoms with Gasteiger partial charge in [0.1, 0.15) is 5.82 Å². The number of aromatic nitrogens is 4. The molecule has 2 saturated heterocycles. The van der Waals surface area contributed by atoms with Crippen molar-refractivity contribution in [3.8, 4) is 5.82 Å². The lowest BCUT2D eigenvalue weighted by Gasteiger charge is -2.37. The molecule has 0 spiro atoms. The normalized spacial score (nSPS) is 27.0. The molecule has 4 heterocycles. The van der Waals surface area contributed by atoms with Crippen LogP contribution in [0.25, 0.3) is 5.82 Å². The minimum atomic E-state index is -0.300. The molecule has 0 aromatic carbocycles. The summed E-state index contributed by atoms with van der Waals surface area (Å²) in [5.41, 5.74) is 2.00. The highest BCUT2D eigenvalue weighted by atomic mass is 16.5. The average molecular weight is 343 g/mol. The van der Waals surface area contributed by atoms with Gasteiger partial charge in [-0.2, -0.15) is 5.10 Å². The molecule has 2 aromatic rings. The summed E-state index contributed by atoms with van der Waals surface area (Å²) in [5, 5.41) is 14.9. The van der Waals surface area contributed by atoms with Crippen molar-refractivity contribution >= 4 is 5.82 Å². The molecule has 2 aliphatic heterocycles. The fraction of sp³-hybridized carbons (Fsp3) is 0.611. The predicted molar refractivity (Wildman–Crippen MR) is 93.9 cm³/mol. The maximum atomic E-state index is 10.4. The Balaban J connectivity index is 1.62. The maximum absolute atomic E-state index is 10.4. The molecule has 0 radical (unpaired) electrons. The summed E-state index contributed by atoms with van der Waals surface area (Å²) in [4.78, 5) is 11.5. The molecular weight excluding hydrogens is 318 g/mol. The van der Waals surface area contributed by atoms with E-state index in [4.69, 9.17) is 9.72 Å². The van der Waals surface area contributed by atoms with Crippen LogP contribution in [0.3, 0.4) is 0 Å². The zero-order chi connectivity index (χ0) is 17.4. The van der Waals surface area contributed by atoms with Gasteiger partial charge >= 0.3 is 0 Å². The van der Waals surface area contributed by atoms with E-state index >= 15 is 0 Å². The Morgan fingerprint density at radius 1 is 1.20 bits per heavy atom. The molecule has 134 valence electrons. The summed E-state index contributed by atoms with van der Waals surface area (Å²) in [6, 6.07) is 2.28. The highest BCUT2D eigenvalue weighted by molar-refractivity contribution is 5.42. The van der Waals surface area contributed by atoms with Gasteiger partial charge in [-0.05, 0) is 39.2 Å². The van der Waals surface area contributed by atoms with Crippen LogP contribution in [-0.2, 0) is 4.74 Å². The van der Waals surface area contributed by atoms with Crippen LogP contribution in [-0.4, -0.2) is 56.8 Å². The van der Waals surface area contributed by atoms with Crippen LogP contribution in [0.2, 0.25) is 0 Å². The third-order valence-electron chi connectivity index (χ3n) is 5.29. The highest BCUT2D eigenvalue weighted by Crippen LogP contribution is 2.32.